The Morgan fingerprint density at radius 1 is 1.39 bits per heavy atom. The molecule has 0 bridgehead atoms. The van der Waals surface area contributed by atoms with Gasteiger partial charge < -0.3 is 10.3 Å². The van der Waals surface area contributed by atoms with Gasteiger partial charge in [0.15, 0.2) is 0 Å². The summed E-state index contributed by atoms with van der Waals surface area (Å²) in [5.41, 5.74) is 2.55. The Bertz CT molecular complexity index is 871. The van der Waals surface area contributed by atoms with Crippen molar-refractivity contribution in [2.75, 3.05) is 0 Å². The fraction of sp³-hybridized carbons (Fsp3) is 0.235. The van der Waals surface area contributed by atoms with Gasteiger partial charge in [0, 0.05) is 21.5 Å². The number of hydrogen-bond acceptors (Lipinski definition) is 2. The molecular weight excluding hydrogens is 335 g/mol. The van der Waals surface area contributed by atoms with E-state index in [0.717, 1.165) is 27.0 Å². The van der Waals surface area contributed by atoms with Crippen molar-refractivity contribution < 1.29 is 9.18 Å². The van der Waals surface area contributed by atoms with Crippen LogP contribution >= 0.6 is 22.9 Å². The van der Waals surface area contributed by atoms with Crippen molar-refractivity contribution in [2.24, 2.45) is 0 Å². The molecule has 3 rings (SSSR count). The fourth-order valence-electron chi connectivity index (χ4n) is 2.67. The van der Waals surface area contributed by atoms with E-state index in [1.165, 1.54) is 23.5 Å². The van der Waals surface area contributed by atoms with Crippen LogP contribution in [0.1, 0.15) is 29.1 Å². The predicted molar refractivity (Wildman–Crippen MR) is 92.6 cm³/mol. The number of fused-ring (bicyclic) bond motifs is 1. The molecule has 3 nitrogen and oxygen atoms in total. The van der Waals surface area contributed by atoms with Crippen LogP contribution < -0.4 is 5.32 Å². The number of halogens is 2. The molecule has 1 aromatic carbocycles. The van der Waals surface area contributed by atoms with Gasteiger partial charge in [0.25, 0.3) is 0 Å². The molecule has 1 unspecified atom stereocenters. The van der Waals surface area contributed by atoms with Crippen molar-refractivity contribution in [2.45, 2.75) is 26.3 Å². The summed E-state index contributed by atoms with van der Waals surface area (Å²) in [6.45, 7) is 3.81. The smallest absolute Gasteiger partial charge is 0.225 e. The number of rotatable bonds is 4. The first kappa shape index (κ1) is 16.0. The zero-order valence-corrected chi connectivity index (χ0v) is 14.3. The number of carbonyl (C=O) groups is 1. The Morgan fingerprint density at radius 2 is 2.17 bits per heavy atom. The van der Waals surface area contributed by atoms with Gasteiger partial charge in [-0.15, -0.1) is 11.3 Å². The van der Waals surface area contributed by atoms with Gasteiger partial charge in [0.1, 0.15) is 5.82 Å². The predicted octanol–water partition coefficient (Wildman–Crippen LogP) is 4.75. The highest BCUT2D eigenvalue weighted by molar-refractivity contribution is 7.16. The summed E-state index contributed by atoms with van der Waals surface area (Å²) in [5, 5.41) is 3.71. The minimum Gasteiger partial charge on any atom is -0.358 e. The molecule has 0 spiro atoms. The lowest BCUT2D eigenvalue weighted by atomic mass is 10.1. The highest BCUT2D eigenvalue weighted by Gasteiger charge is 2.16. The van der Waals surface area contributed by atoms with E-state index in [1.807, 2.05) is 26.0 Å². The van der Waals surface area contributed by atoms with Crippen LogP contribution in [-0.2, 0) is 11.2 Å². The number of thiophene rings is 1. The summed E-state index contributed by atoms with van der Waals surface area (Å²) < 4.78 is 14.2. The molecule has 23 heavy (non-hydrogen) atoms. The first-order valence-corrected chi connectivity index (χ1v) is 8.45. The number of aromatic nitrogens is 1. The monoisotopic (exact) mass is 350 g/mol. The Kier molecular flexibility index (Phi) is 4.41. The van der Waals surface area contributed by atoms with E-state index in [9.17, 15) is 9.18 Å². The number of amides is 1. The highest BCUT2D eigenvalue weighted by Crippen LogP contribution is 2.27. The van der Waals surface area contributed by atoms with Crippen molar-refractivity contribution in [3.05, 3.63) is 56.6 Å². The second-order valence-electron chi connectivity index (χ2n) is 5.53. The van der Waals surface area contributed by atoms with Crippen LogP contribution in [0.3, 0.4) is 0 Å². The van der Waals surface area contributed by atoms with Crippen LogP contribution in [-0.4, -0.2) is 10.9 Å². The summed E-state index contributed by atoms with van der Waals surface area (Å²) in [6, 6.07) is 8.17. The van der Waals surface area contributed by atoms with E-state index in [4.69, 9.17) is 11.6 Å². The Balaban J connectivity index is 1.77. The van der Waals surface area contributed by atoms with Crippen molar-refractivity contribution in [1.29, 1.82) is 0 Å². The Morgan fingerprint density at radius 3 is 2.87 bits per heavy atom. The van der Waals surface area contributed by atoms with Crippen molar-refractivity contribution in [3.63, 3.8) is 0 Å². The van der Waals surface area contributed by atoms with Crippen LogP contribution in [0.5, 0.6) is 0 Å². The lowest BCUT2D eigenvalue weighted by molar-refractivity contribution is -0.121. The standard InChI is InChI=1S/C17H16ClFN2OS/c1-9-12(13-7-11(19)3-4-14(13)20-9)8-17(22)21-10(2)15-5-6-16(18)23-15/h3-7,10,20H,8H2,1-2H3,(H,21,22). The van der Waals surface area contributed by atoms with Gasteiger partial charge in [-0.2, -0.15) is 0 Å². The van der Waals surface area contributed by atoms with E-state index in [2.05, 4.69) is 10.3 Å². The van der Waals surface area contributed by atoms with Crippen molar-refractivity contribution in [1.82, 2.24) is 10.3 Å². The summed E-state index contributed by atoms with van der Waals surface area (Å²) >= 11 is 7.37. The van der Waals surface area contributed by atoms with E-state index < -0.39 is 0 Å². The van der Waals surface area contributed by atoms with E-state index >= 15 is 0 Å². The summed E-state index contributed by atoms with van der Waals surface area (Å²) in [5.74, 6) is -0.407. The number of benzene rings is 1. The lowest BCUT2D eigenvalue weighted by Gasteiger charge is -2.12. The number of hydrogen-bond donors (Lipinski definition) is 2. The molecule has 6 heteroatoms. The third kappa shape index (κ3) is 3.41. The summed E-state index contributed by atoms with van der Waals surface area (Å²) in [4.78, 5) is 16.5. The number of aromatic amines is 1. The number of carbonyl (C=O) groups excluding carboxylic acids is 1. The summed E-state index contributed by atoms with van der Waals surface area (Å²) in [6.07, 6.45) is 0.207. The number of H-pyrrole nitrogens is 1. The van der Waals surface area contributed by atoms with Gasteiger partial charge in [-0.05, 0) is 49.7 Å². The Hall–Kier alpha value is -1.85. The molecule has 120 valence electrons. The molecule has 2 N–H and O–H groups in total. The zero-order chi connectivity index (χ0) is 16.6. The second-order valence-corrected chi connectivity index (χ2v) is 7.27. The molecule has 1 amide bonds. The van der Waals surface area contributed by atoms with Crippen molar-refractivity contribution in [3.8, 4) is 0 Å². The molecule has 0 aliphatic rings. The van der Waals surface area contributed by atoms with Gasteiger partial charge in [0.05, 0.1) is 16.8 Å². The molecule has 1 atom stereocenters. The molecule has 3 aromatic rings. The zero-order valence-electron chi connectivity index (χ0n) is 12.7. The largest absolute Gasteiger partial charge is 0.358 e. The maximum absolute atomic E-state index is 13.5. The molecule has 0 aliphatic carbocycles. The molecule has 0 aliphatic heterocycles. The third-order valence-corrected chi connectivity index (χ3v) is 5.23. The molecule has 0 fully saturated rings. The minimum atomic E-state index is -0.306. The quantitative estimate of drug-likeness (QED) is 0.700. The van der Waals surface area contributed by atoms with E-state index in [-0.39, 0.29) is 24.2 Å². The lowest BCUT2D eigenvalue weighted by Crippen LogP contribution is -2.27. The molecule has 0 radical (unpaired) electrons. The van der Waals surface area contributed by atoms with Crippen LogP contribution in [0.15, 0.2) is 30.3 Å². The molecule has 0 saturated heterocycles. The topological polar surface area (TPSA) is 44.9 Å². The van der Waals surface area contributed by atoms with Gasteiger partial charge in [-0.1, -0.05) is 11.6 Å². The average molecular weight is 351 g/mol. The number of aryl methyl sites for hydroxylation is 1. The number of nitrogens with one attached hydrogen (secondary N) is 2. The van der Waals surface area contributed by atoms with Crippen molar-refractivity contribution >= 4 is 39.7 Å². The maximum atomic E-state index is 13.5. The van der Waals surface area contributed by atoms with Gasteiger partial charge in [-0.25, -0.2) is 4.39 Å². The van der Waals surface area contributed by atoms with Crippen LogP contribution in [0, 0.1) is 12.7 Å². The van der Waals surface area contributed by atoms with Gasteiger partial charge in [-0.3, -0.25) is 4.79 Å². The van der Waals surface area contributed by atoms with Crippen LogP contribution in [0.25, 0.3) is 10.9 Å². The van der Waals surface area contributed by atoms with E-state index in [1.54, 1.807) is 6.07 Å². The molecule has 0 saturated carbocycles. The fourth-order valence-corrected chi connectivity index (χ4v) is 3.73. The van der Waals surface area contributed by atoms with Gasteiger partial charge in [0.2, 0.25) is 5.91 Å². The first-order valence-electron chi connectivity index (χ1n) is 7.25. The molecule has 2 heterocycles. The van der Waals surface area contributed by atoms with Crippen LogP contribution in [0.2, 0.25) is 4.34 Å². The van der Waals surface area contributed by atoms with Crippen LogP contribution in [0.4, 0.5) is 4.39 Å². The minimum absolute atomic E-state index is 0.102. The molecular formula is C17H16ClFN2OS. The third-order valence-electron chi connectivity index (χ3n) is 3.82. The molecule has 2 aromatic heterocycles. The average Bonchev–Trinajstić information content (AvgIpc) is 3.04. The van der Waals surface area contributed by atoms with Gasteiger partial charge >= 0.3 is 0 Å². The normalized spacial score (nSPS) is 12.5. The maximum Gasteiger partial charge on any atom is 0.225 e. The van der Waals surface area contributed by atoms with E-state index in [0.29, 0.717) is 4.34 Å². The second kappa shape index (κ2) is 6.34. The highest BCUT2D eigenvalue weighted by atomic mass is 35.5. The Labute approximate surface area is 142 Å². The first-order chi connectivity index (χ1) is 10.9. The SMILES string of the molecule is Cc1[nH]c2ccc(F)cc2c1CC(=O)NC(C)c1ccc(Cl)s1. The summed E-state index contributed by atoms with van der Waals surface area (Å²) in [7, 11) is 0.